The molecule has 0 aliphatic carbocycles. The van der Waals surface area contributed by atoms with Crippen LogP contribution in [-0.2, 0) is 11.8 Å². The van der Waals surface area contributed by atoms with Crippen molar-refractivity contribution in [2.45, 2.75) is 31.6 Å². The molecule has 6 heteroatoms. The fraction of sp³-hybridized carbons (Fsp3) is 0.292. The number of carbonyl (C=O) groups is 1. The molecule has 1 aromatic carbocycles. The number of nitrogens with zero attached hydrogens (tertiary/aromatic N) is 3. The van der Waals surface area contributed by atoms with Gasteiger partial charge in [-0.05, 0) is 61.2 Å². The maximum atomic E-state index is 13.6. The van der Waals surface area contributed by atoms with E-state index in [1.807, 2.05) is 43.0 Å². The van der Waals surface area contributed by atoms with Gasteiger partial charge in [0.2, 0.25) is 0 Å². The summed E-state index contributed by atoms with van der Waals surface area (Å²) >= 11 is 3.56. The topological polar surface area (TPSA) is 55.3 Å². The lowest BCUT2D eigenvalue weighted by molar-refractivity contribution is 0.0669. The number of aryl methyl sites for hydroxylation is 1. The highest BCUT2D eigenvalue weighted by Crippen LogP contribution is 2.36. The van der Waals surface area contributed by atoms with Crippen LogP contribution in [-0.4, -0.2) is 34.4 Å². The number of ether oxygens (including phenoxy) is 1. The van der Waals surface area contributed by atoms with Gasteiger partial charge in [0, 0.05) is 47.2 Å². The first-order chi connectivity index (χ1) is 14.5. The van der Waals surface area contributed by atoms with Gasteiger partial charge in [0.25, 0.3) is 5.91 Å². The molecule has 0 radical (unpaired) electrons. The number of hydrogen-bond donors (Lipinski definition) is 0. The van der Waals surface area contributed by atoms with E-state index in [1.165, 1.54) is 0 Å². The Morgan fingerprint density at radius 1 is 1.13 bits per heavy atom. The minimum Gasteiger partial charge on any atom is -0.497 e. The molecule has 3 aromatic rings. The number of rotatable bonds is 5. The molecule has 0 fully saturated rings. The Morgan fingerprint density at radius 2 is 1.93 bits per heavy atom. The lowest BCUT2D eigenvalue weighted by Gasteiger charge is -2.34. The van der Waals surface area contributed by atoms with Gasteiger partial charge >= 0.3 is 0 Å². The lowest BCUT2D eigenvalue weighted by Crippen LogP contribution is -2.40. The van der Waals surface area contributed by atoms with Crippen molar-refractivity contribution in [3.63, 3.8) is 0 Å². The number of benzene rings is 1. The van der Waals surface area contributed by atoms with Gasteiger partial charge < -0.3 is 9.64 Å². The molecule has 3 heterocycles. The summed E-state index contributed by atoms with van der Waals surface area (Å²) in [4.78, 5) is 24.4. The molecule has 4 rings (SSSR count). The molecule has 2 aromatic heterocycles. The molecular formula is C24H24BrN3O2. The predicted octanol–water partition coefficient (Wildman–Crippen LogP) is 5.12. The molecule has 154 valence electrons. The van der Waals surface area contributed by atoms with E-state index in [0.717, 1.165) is 51.4 Å². The van der Waals surface area contributed by atoms with E-state index < -0.39 is 0 Å². The number of pyridine rings is 2. The molecule has 1 atom stereocenters. The van der Waals surface area contributed by atoms with Crippen molar-refractivity contribution in [2.24, 2.45) is 0 Å². The van der Waals surface area contributed by atoms with Crippen LogP contribution in [0.25, 0.3) is 11.1 Å². The maximum absolute atomic E-state index is 13.6. The summed E-state index contributed by atoms with van der Waals surface area (Å²) in [7, 11) is 1.63. The van der Waals surface area contributed by atoms with Crippen LogP contribution < -0.4 is 4.74 Å². The first kappa shape index (κ1) is 20.5. The van der Waals surface area contributed by atoms with E-state index in [4.69, 9.17) is 4.74 Å². The first-order valence-corrected chi connectivity index (χ1v) is 11.1. The third-order valence-corrected chi connectivity index (χ3v) is 6.39. The first-order valence-electron chi connectivity index (χ1n) is 9.98. The molecule has 0 spiro atoms. The number of fused-ring (bicyclic) bond motifs is 1. The van der Waals surface area contributed by atoms with Crippen LogP contribution in [0.3, 0.4) is 0 Å². The Kier molecular flexibility index (Phi) is 5.86. The largest absolute Gasteiger partial charge is 0.497 e. The van der Waals surface area contributed by atoms with Gasteiger partial charge in [-0.3, -0.25) is 14.8 Å². The Balaban J connectivity index is 1.76. The van der Waals surface area contributed by atoms with Gasteiger partial charge in [-0.2, -0.15) is 0 Å². The van der Waals surface area contributed by atoms with Gasteiger partial charge in [-0.1, -0.05) is 22.0 Å². The summed E-state index contributed by atoms with van der Waals surface area (Å²) in [6.45, 7) is 4.67. The lowest BCUT2D eigenvalue weighted by atomic mass is 9.87. The second-order valence-corrected chi connectivity index (χ2v) is 8.05. The second kappa shape index (κ2) is 8.56. The molecule has 5 nitrogen and oxygen atoms in total. The van der Waals surface area contributed by atoms with Crippen molar-refractivity contribution in [1.82, 2.24) is 14.9 Å². The van der Waals surface area contributed by atoms with Crippen molar-refractivity contribution < 1.29 is 9.53 Å². The van der Waals surface area contributed by atoms with Crippen molar-refractivity contribution in [1.29, 1.82) is 0 Å². The van der Waals surface area contributed by atoms with Crippen molar-refractivity contribution >= 4 is 21.8 Å². The van der Waals surface area contributed by atoms with Gasteiger partial charge in [-0.15, -0.1) is 0 Å². The molecule has 0 unspecified atom stereocenters. The monoisotopic (exact) mass is 465 g/mol. The number of amides is 1. The van der Waals surface area contributed by atoms with E-state index in [-0.39, 0.29) is 11.9 Å². The SMILES string of the molecule is COc1ccnc([C@H](C)N2CCc3c(cc(CBr)cc3-c3cccnc3C)C2=O)c1. The molecule has 1 amide bonds. The Labute approximate surface area is 185 Å². The zero-order chi connectivity index (χ0) is 21.3. The van der Waals surface area contributed by atoms with Crippen LogP contribution in [0.1, 0.15) is 45.8 Å². The van der Waals surface area contributed by atoms with E-state index in [9.17, 15) is 4.79 Å². The number of hydrogen-bond acceptors (Lipinski definition) is 4. The van der Waals surface area contributed by atoms with Crippen LogP contribution in [0, 0.1) is 6.92 Å². The smallest absolute Gasteiger partial charge is 0.254 e. The van der Waals surface area contributed by atoms with Crippen molar-refractivity contribution in [2.75, 3.05) is 13.7 Å². The highest BCUT2D eigenvalue weighted by atomic mass is 79.9. The molecule has 30 heavy (non-hydrogen) atoms. The molecule has 0 bridgehead atoms. The third-order valence-electron chi connectivity index (χ3n) is 5.74. The summed E-state index contributed by atoms with van der Waals surface area (Å²) in [5, 5.41) is 0.687. The second-order valence-electron chi connectivity index (χ2n) is 7.48. The fourth-order valence-corrected chi connectivity index (χ4v) is 4.40. The summed E-state index contributed by atoms with van der Waals surface area (Å²) < 4.78 is 5.33. The highest BCUT2D eigenvalue weighted by Gasteiger charge is 2.31. The Morgan fingerprint density at radius 3 is 2.67 bits per heavy atom. The molecule has 1 aliphatic heterocycles. The van der Waals surface area contributed by atoms with E-state index in [0.29, 0.717) is 11.9 Å². The zero-order valence-corrected chi connectivity index (χ0v) is 18.9. The summed E-state index contributed by atoms with van der Waals surface area (Å²) in [5.74, 6) is 0.784. The number of aromatic nitrogens is 2. The molecule has 0 saturated carbocycles. The van der Waals surface area contributed by atoms with Crippen LogP contribution >= 0.6 is 15.9 Å². The van der Waals surface area contributed by atoms with Crippen LogP contribution in [0.5, 0.6) is 5.75 Å². The number of alkyl halides is 1. The molecule has 0 saturated heterocycles. The van der Waals surface area contributed by atoms with Crippen LogP contribution in [0.4, 0.5) is 0 Å². The quantitative estimate of drug-likeness (QED) is 0.490. The summed E-state index contributed by atoms with van der Waals surface area (Å²) in [6.07, 6.45) is 4.32. The van der Waals surface area contributed by atoms with Crippen molar-refractivity contribution in [3.05, 3.63) is 76.9 Å². The van der Waals surface area contributed by atoms with Gasteiger partial charge in [0.05, 0.1) is 18.8 Å². The van der Waals surface area contributed by atoms with Crippen LogP contribution in [0.2, 0.25) is 0 Å². The zero-order valence-electron chi connectivity index (χ0n) is 17.4. The predicted molar refractivity (Wildman–Crippen MR) is 121 cm³/mol. The van der Waals surface area contributed by atoms with Crippen LogP contribution in [0.15, 0.2) is 48.8 Å². The normalized spacial score (nSPS) is 14.4. The molecular weight excluding hydrogens is 442 g/mol. The maximum Gasteiger partial charge on any atom is 0.254 e. The number of methoxy groups -OCH3 is 1. The molecule has 1 aliphatic rings. The van der Waals surface area contributed by atoms with E-state index in [1.54, 1.807) is 19.5 Å². The average Bonchev–Trinajstić information content (AvgIpc) is 2.79. The van der Waals surface area contributed by atoms with Gasteiger partial charge in [0.1, 0.15) is 5.75 Å². The third kappa shape index (κ3) is 3.72. The summed E-state index contributed by atoms with van der Waals surface area (Å²) in [5.41, 5.74) is 6.93. The van der Waals surface area contributed by atoms with Crippen molar-refractivity contribution in [3.8, 4) is 16.9 Å². The standard InChI is InChI=1S/C24H24BrN3O2/c1-15-19(5-4-8-26-15)21-11-17(14-25)12-22-20(21)7-10-28(24(22)29)16(2)23-13-18(30-3)6-9-27-23/h4-6,8-9,11-13,16H,7,10,14H2,1-3H3/t16-/m0/s1. The fourth-order valence-electron chi connectivity index (χ4n) is 4.08. The minimum absolute atomic E-state index is 0.0407. The van der Waals surface area contributed by atoms with E-state index in [2.05, 4.69) is 38.0 Å². The van der Waals surface area contributed by atoms with Gasteiger partial charge in [0.15, 0.2) is 0 Å². The number of carbonyl (C=O) groups excluding carboxylic acids is 1. The molecule has 0 N–H and O–H groups in total. The van der Waals surface area contributed by atoms with Gasteiger partial charge in [-0.25, -0.2) is 0 Å². The number of halogens is 1. The van der Waals surface area contributed by atoms with E-state index >= 15 is 0 Å². The minimum atomic E-state index is -0.142. The Bertz CT molecular complexity index is 1100. The highest BCUT2D eigenvalue weighted by molar-refractivity contribution is 9.08. The average molecular weight is 466 g/mol. The Hall–Kier alpha value is -2.73. The summed E-state index contributed by atoms with van der Waals surface area (Å²) in [6, 6.07) is 11.8.